The van der Waals surface area contributed by atoms with Crippen LogP contribution < -0.4 is 5.32 Å². The first-order valence-corrected chi connectivity index (χ1v) is 8.16. The Kier molecular flexibility index (Phi) is 5.33. The lowest BCUT2D eigenvalue weighted by atomic mass is 9.77. The second-order valence-electron chi connectivity index (χ2n) is 6.33. The van der Waals surface area contributed by atoms with Crippen LogP contribution in [-0.4, -0.2) is 27.7 Å². The molecule has 1 aliphatic carbocycles. The summed E-state index contributed by atoms with van der Waals surface area (Å²) in [4.78, 5) is 12.6. The SMILES string of the molecule is CCCn1cc(Cl)cc1C(=O)NC1(CO)CCCC(C)C1. The van der Waals surface area contributed by atoms with Crippen LogP contribution in [0.15, 0.2) is 12.3 Å². The van der Waals surface area contributed by atoms with Gasteiger partial charge < -0.3 is 15.0 Å². The van der Waals surface area contributed by atoms with E-state index in [1.165, 1.54) is 0 Å². The number of halogens is 1. The van der Waals surface area contributed by atoms with Crippen molar-refractivity contribution in [1.29, 1.82) is 0 Å². The summed E-state index contributed by atoms with van der Waals surface area (Å²) in [6.45, 7) is 4.99. The van der Waals surface area contributed by atoms with Gasteiger partial charge in [-0.05, 0) is 31.2 Å². The molecule has 2 atom stereocenters. The fourth-order valence-corrected chi connectivity index (χ4v) is 3.57. The minimum atomic E-state index is -0.484. The molecule has 1 saturated carbocycles. The molecule has 2 N–H and O–H groups in total. The Morgan fingerprint density at radius 2 is 2.38 bits per heavy atom. The van der Waals surface area contributed by atoms with Crippen molar-refractivity contribution in [2.24, 2.45) is 5.92 Å². The van der Waals surface area contributed by atoms with E-state index >= 15 is 0 Å². The lowest BCUT2D eigenvalue weighted by Crippen LogP contribution is -2.54. The molecule has 5 heteroatoms. The number of rotatable bonds is 5. The standard InChI is InChI=1S/C16H25ClN2O2/c1-3-7-19-10-13(17)8-14(19)15(21)18-16(11-20)6-4-5-12(2)9-16/h8,10,12,20H,3-7,9,11H2,1-2H3,(H,18,21). The molecule has 0 aliphatic heterocycles. The second kappa shape index (κ2) is 6.84. The van der Waals surface area contributed by atoms with E-state index in [9.17, 15) is 9.90 Å². The monoisotopic (exact) mass is 312 g/mol. The van der Waals surface area contributed by atoms with E-state index in [4.69, 9.17) is 11.6 Å². The number of aliphatic hydroxyl groups excluding tert-OH is 1. The number of hydrogen-bond acceptors (Lipinski definition) is 2. The minimum Gasteiger partial charge on any atom is -0.394 e. The Morgan fingerprint density at radius 1 is 1.62 bits per heavy atom. The van der Waals surface area contributed by atoms with E-state index in [-0.39, 0.29) is 12.5 Å². The van der Waals surface area contributed by atoms with Gasteiger partial charge in [0.05, 0.1) is 17.2 Å². The van der Waals surface area contributed by atoms with Crippen LogP contribution in [0.1, 0.15) is 56.4 Å². The van der Waals surface area contributed by atoms with Crippen molar-refractivity contribution in [2.75, 3.05) is 6.61 Å². The first kappa shape index (κ1) is 16.4. The van der Waals surface area contributed by atoms with Crippen LogP contribution in [-0.2, 0) is 6.54 Å². The average molecular weight is 313 g/mol. The first-order chi connectivity index (χ1) is 9.99. The van der Waals surface area contributed by atoms with Gasteiger partial charge >= 0.3 is 0 Å². The van der Waals surface area contributed by atoms with Crippen LogP contribution >= 0.6 is 11.6 Å². The van der Waals surface area contributed by atoms with Gasteiger partial charge in [-0.3, -0.25) is 4.79 Å². The number of carbonyl (C=O) groups excluding carboxylic acids is 1. The highest BCUT2D eigenvalue weighted by molar-refractivity contribution is 6.31. The molecule has 1 heterocycles. The predicted molar refractivity (Wildman–Crippen MR) is 84.6 cm³/mol. The van der Waals surface area contributed by atoms with Crippen molar-refractivity contribution in [3.8, 4) is 0 Å². The maximum absolute atomic E-state index is 12.6. The molecule has 118 valence electrons. The Labute approximate surface area is 131 Å². The van der Waals surface area contributed by atoms with Gasteiger partial charge in [0.25, 0.3) is 5.91 Å². The fraction of sp³-hybridized carbons (Fsp3) is 0.688. The second-order valence-corrected chi connectivity index (χ2v) is 6.77. The molecular formula is C16H25ClN2O2. The molecule has 1 aromatic heterocycles. The quantitative estimate of drug-likeness (QED) is 0.877. The number of aryl methyl sites for hydroxylation is 1. The molecule has 0 aromatic carbocycles. The van der Waals surface area contributed by atoms with Gasteiger partial charge in [-0.15, -0.1) is 0 Å². The topological polar surface area (TPSA) is 54.3 Å². The lowest BCUT2D eigenvalue weighted by molar-refractivity contribution is 0.0689. The van der Waals surface area contributed by atoms with Crippen molar-refractivity contribution in [1.82, 2.24) is 9.88 Å². The summed E-state index contributed by atoms with van der Waals surface area (Å²) in [6, 6.07) is 1.70. The number of hydrogen-bond donors (Lipinski definition) is 2. The molecule has 21 heavy (non-hydrogen) atoms. The highest BCUT2D eigenvalue weighted by Crippen LogP contribution is 2.32. The van der Waals surface area contributed by atoms with Gasteiger partial charge in [-0.2, -0.15) is 0 Å². The smallest absolute Gasteiger partial charge is 0.268 e. The number of nitrogens with one attached hydrogen (secondary N) is 1. The van der Waals surface area contributed by atoms with Gasteiger partial charge in [0.2, 0.25) is 0 Å². The van der Waals surface area contributed by atoms with Gasteiger partial charge in [-0.25, -0.2) is 0 Å². The number of nitrogens with zero attached hydrogens (tertiary/aromatic N) is 1. The number of aliphatic hydroxyl groups is 1. The Bertz CT molecular complexity index is 500. The Balaban J connectivity index is 2.16. The van der Waals surface area contributed by atoms with E-state index in [0.29, 0.717) is 16.6 Å². The van der Waals surface area contributed by atoms with E-state index < -0.39 is 5.54 Å². The van der Waals surface area contributed by atoms with Crippen molar-refractivity contribution >= 4 is 17.5 Å². The third-order valence-electron chi connectivity index (χ3n) is 4.33. The summed E-state index contributed by atoms with van der Waals surface area (Å²) < 4.78 is 1.88. The van der Waals surface area contributed by atoms with Crippen LogP contribution in [0.3, 0.4) is 0 Å². The third kappa shape index (κ3) is 3.80. The maximum Gasteiger partial charge on any atom is 0.268 e. The molecule has 1 fully saturated rings. The van der Waals surface area contributed by atoms with Crippen molar-refractivity contribution < 1.29 is 9.90 Å². The highest BCUT2D eigenvalue weighted by atomic mass is 35.5. The lowest BCUT2D eigenvalue weighted by Gasteiger charge is -2.39. The summed E-state index contributed by atoms with van der Waals surface area (Å²) >= 11 is 6.03. The fourth-order valence-electron chi connectivity index (χ4n) is 3.35. The van der Waals surface area contributed by atoms with Crippen LogP contribution in [0.5, 0.6) is 0 Å². The minimum absolute atomic E-state index is 0.00863. The first-order valence-electron chi connectivity index (χ1n) is 7.79. The van der Waals surface area contributed by atoms with Crippen molar-refractivity contribution in [3.05, 3.63) is 23.0 Å². The summed E-state index contributed by atoms with van der Waals surface area (Å²) in [5.74, 6) is 0.385. The van der Waals surface area contributed by atoms with Crippen molar-refractivity contribution in [3.63, 3.8) is 0 Å². The number of aromatic nitrogens is 1. The molecule has 2 rings (SSSR count). The van der Waals surface area contributed by atoms with Gasteiger partial charge in [0.15, 0.2) is 0 Å². The van der Waals surface area contributed by atoms with Crippen LogP contribution in [0.25, 0.3) is 0 Å². The van der Waals surface area contributed by atoms with Crippen molar-refractivity contribution in [2.45, 2.75) is 58.0 Å². The molecule has 0 saturated heterocycles. The molecule has 1 amide bonds. The van der Waals surface area contributed by atoms with E-state index in [1.54, 1.807) is 12.3 Å². The predicted octanol–water partition coefficient (Wildman–Crippen LogP) is 3.22. The normalized spacial score (nSPS) is 25.8. The number of amides is 1. The van der Waals surface area contributed by atoms with Gasteiger partial charge in [0.1, 0.15) is 5.69 Å². The zero-order valence-electron chi connectivity index (χ0n) is 12.9. The summed E-state index contributed by atoms with van der Waals surface area (Å²) in [5.41, 5.74) is 0.0932. The molecule has 4 nitrogen and oxygen atoms in total. The molecule has 0 bridgehead atoms. The molecule has 0 radical (unpaired) electrons. The number of carbonyl (C=O) groups is 1. The maximum atomic E-state index is 12.6. The molecule has 1 aliphatic rings. The van der Waals surface area contributed by atoms with E-state index in [0.717, 1.165) is 38.6 Å². The Morgan fingerprint density at radius 3 is 3.00 bits per heavy atom. The zero-order valence-corrected chi connectivity index (χ0v) is 13.6. The summed E-state index contributed by atoms with van der Waals surface area (Å²) in [5, 5.41) is 13.4. The zero-order chi connectivity index (χ0) is 15.5. The molecule has 1 aromatic rings. The van der Waals surface area contributed by atoms with Gasteiger partial charge in [-0.1, -0.05) is 38.3 Å². The highest BCUT2D eigenvalue weighted by Gasteiger charge is 2.36. The Hall–Kier alpha value is -1.00. The largest absolute Gasteiger partial charge is 0.394 e. The third-order valence-corrected chi connectivity index (χ3v) is 4.54. The molecular weight excluding hydrogens is 288 g/mol. The summed E-state index contributed by atoms with van der Waals surface area (Å²) in [6.07, 6.45) is 6.59. The van der Waals surface area contributed by atoms with Crippen LogP contribution in [0, 0.1) is 5.92 Å². The summed E-state index contributed by atoms with van der Waals surface area (Å²) in [7, 11) is 0. The van der Waals surface area contributed by atoms with Gasteiger partial charge in [0, 0.05) is 12.7 Å². The average Bonchev–Trinajstić information content (AvgIpc) is 2.80. The van der Waals surface area contributed by atoms with E-state index in [2.05, 4.69) is 19.2 Å². The van der Waals surface area contributed by atoms with Crippen LogP contribution in [0.2, 0.25) is 5.02 Å². The van der Waals surface area contributed by atoms with Crippen LogP contribution in [0.4, 0.5) is 0 Å². The molecule has 2 unspecified atom stereocenters. The van der Waals surface area contributed by atoms with E-state index in [1.807, 2.05) is 4.57 Å². The molecule has 0 spiro atoms.